The Kier molecular flexibility index (Phi) is 3.00. The van der Waals surface area contributed by atoms with Crippen LogP contribution in [0.4, 0.5) is 3.89 Å². The number of hydrogen-bond acceptors (Lipinski definition) is 2. The summed E-state index contributed by atoms with van der Waals surface area (Å²) in [6.45, 7) is 4.36. The van der Waals surface area contributed by atoms with Gasteiger partial charge in [-0.1, -0.05) is 13.8 Å². The van der Waals surface area contributed by atoms with E-state index in [1.807, 2.05) is 0 Å². The van der Waals surface area contributed by atoms with Gasteiger partial charge in [0, 0.05) is 0 Å². The van der Waals surface area contributed by atoms with Crippen molar-refractivity contribution in [2.45, 2.75) is 39.5 Å². The molecule has 1 saturated carbocycles. The van der Waals surface area contributed by atoms with E-state index in [1.54, 1.807) is 0 Å². The second kappa shape index (κ2) is 3.56. The van der Waals surface area contributed by atoms with Gasteiger partial charge in [0.15, 0.2) is 0 Å². The Morgan fingerprint density at radius 1 is 1.46 bits per heavy atom. The molecule has 1 aliphatic carbocycles. The predicted octanol–water partition coefficient (Wildman–Crippen LogP) is 2.50. The molecule has 0 bridgehead atoms. The van der Waals surface area contributed by atoms with E-state index < -0.39 is 10.2 Å². The zero-order valence-electron chi connectivity index (χ0n) is 8.22. The molecule has 1 aliphatic rings. The highest BCUT2D eigenvalue weighted by molar-refractivity contribution is 7.86. The molecule has 0 heterocycles. The minimum atomic E-state index is -4.25. The molecule has 0 aromatic carbocycles. The van der Waals surface area contributed by atoms with Crippen molar-refractivity contribution >= 4 is 10.2 Å². The van der Waals surface area contributed by atoms with E-state index in [0.717, 1.165) is 19.3 Å². The first-order valence-electron chi connectivity index (χ1n) is 4.71. The molecule has 1 unspecified atom stereocenters. The van der Waals surface area contributed by atoms with Crippen LogP contribution in [0.3, 0.4) is 0 Å². The number of halogens is 1. The van der Waals surface area contributed by atoms with Crippen molar-refractivity contribution in [3.63, 3.8) is 0 Å². The van der Waals surface area contributed by atoms with Crippen LogP contribution < -0.4 is 0 Å². The van der Waals surface area contributed by atoms with Crippen molar-refractivity contribution < 1.29 is 12.3 Å². The Labute approximate surface area is 79.7 Å². The summed E-state index contributed by atoms with van der Waals surface area (Å²) in [5, 5.41) is 0. The van der Waals surface area contributed by atoms with Crippen LogP contribution in [0.2, 0.25) is 0 Å². The monoisotopic (exact) mass is 208 g/mol. The summed E-state index contributed by atoms with van der Waals surface area (Å²) in [6.07, 6.45) is 3.69. The summed E-state index contributed by atoms with van der Waals surface area (Å²) < 4.78 is 32.8. The highest BCUT2D eigenvalue weighted by atomic mass is 32.3. The second-order valence-electron chi connectivity index (χ2n) is 4.80. The minimum Gasteiger partial charge on any atom is -0.195 e. The molecule has 2 nitrogen and oxygen atoms in total. The molecule has 1 rings (SSSR count). The lowest BCUT2D eigenvalue weighted by atomic mass is 9.90. The predicted molar refractivity (Wildman–Crippen MR) is 50.6 cm³/mol. The summed E-state index contributed by atoms with van der Waals surface area (Å²) >= 11 is 0. The molecule has 0 N–H and O–H groups in total. The lowest BCUT2D eigenvalue weighted by Gasteiger charge is -2.16. The van der Waals surface area contributed by atoms with E-state index in [0.29, 0.717) is 17.8 Å². The fourth-order valence-corrected chi connectivity index (χ4v) is 2.75. The summed E-state index contributed by atoms with van der Waals surface area (Å²) in [6, 6.07) is 0. The Balaban J connectivity index is 2.34. The third kappa shape index (κ3) is 4.07. The van der Waals surface area contributed by atoms with E-state index in [-0.39, 0.29) is 5.75 Å². The molecule has 1 atom stereocenters. The molecule has 0 aromatic rings. The van der Waals surface area contributed by atoms with E-state index in [4.69, 9.17) is 0 Å². The molecule has 13 heavy (non-hydrogen) atoms. The molecule has 78 valence electrons. The van der Waals surface area contributed by atoms with Crippen LogP contribution in [-0.4, -0.2) is 14.2 Å². The lowest BCUT2D eigenvalue weighted by Crippen LogP contribution is -2.08. The molecular weight excluding hydrogens is 191 g/mol. The van der Waals surface area contributed by atoms with Gasteiger partial charge in [0.25, 0.3) is 0 Å². The fourth-order valence-electron chi connectivity index (χ4n) is 2.13. The first-order valence-corrected chi connectivity index (χ1v) is 6.26. The summed E-state index contributed by atoms with van der Waals surface area (Å²) in [7, 11) is -4.25. The Morgan fingerprint density at radius 2 is 2.08 bits per heavy atom. The molecule has 0 saturated heterocycles. The third-order valence-electron chi connectivity index (χ3n) is 2.84. The molecule has 4 heteroatoms. The van der Waals surface area contributed by atoms with Gasteiger partial charge < -0.3 is 0 Å². The third-order valence-corrected chi connectivity index (χ3v) is 3.56. The van der Waals surface area contributed by atoms with Gasteiger partial charge in [0.05, 0.1) is 5.75 Å². The average Bonchev–Trinajstić information content (AvgIpc) is 2.24. The van der Waals surface area contributed by atoms with E-state index in [1.165, 1.54) is 0 Å². The highest BCUT2D eigenvalue weighted by Crippen LogP contribution is 2.42. The standard InChI is InChI=1S/C9H17FO2S/c1-9(2)5-3-8(7-9)4-6-13(10,11)12/h8H,3-7H2,1-2H3. The van der Waals surface area contributed by atoms with Gasteiger partial charge in [-0.2, -0.15) is 8.42 Å². The van der Waals surface area contributed by atoms with Crippen LogP contribution in [0.1, 0.15) is 39.5 Å². The first-order chi connectivity index (χ1) is 5.79. The lowest BCUT2D eigenvalue weighted by molar-refractivity contribution is 0.357. The van der Waals surface area contributed by atoms with Crippen LogP contribution in [0.5, 0.6) is 0 Å². The molecule has 1 fully saturated rings. The quantitative estimate of drug-likeness (QED) is 0.668. The fraction of sp³-hybridized carbons (Fsp3) is 1.00. The molecule has 0 aromatic heterocycles. The van der Waals surface area contributed by atoms with Crippen molar-refractivity contribution in [2.75, 3.05) is 5.75 Å². The highest BCUT2D eigenvalue weighted by Gasteiger charge is 2.31. The van der Waals surface area contributed by atoms with Crippen molar-refractivity contribution in [1.29, 1.82) is 0 Å². The minimum absolute atomic E-state index is 0.298. The molecule has 0 radical (unpaired) electrons. The van der Waals surface area contributed by atoms with Gasteiger partial charge in [0.1, 0.15) is 0 Å². The second-order valence-corrected chi connectivity index (χ2v) is 6.29. The van der Waals surface area contributed by atoms with Crippen molar-refractivity contribution in [2.24, 2.45) is 11.3 Å². The molecular formula is C9H17FO2S. The Hall–Kier alpha value is -0.120. The Bertz CT molecular complexity index is 269. The van der Waals surface area contributed by atoms with Crippen LogP contribution in [-0.2, 0) is 10.2 Å². The van der Waals surface area contributed by atoms with Gasteiger partial charge in [-0.05, 0) is 37.0 Å². The van der Waals surface area contributed by atoms with Crippen molar-refractivity contribution in [3.05, 3.63) is 0 Å². The van der Waals surface area contributed by atoms with Crippen LogP contribution in [0.15, 0.2) is 0 Å². The summed E-state index contributed by atoms with van der Waals surface area (Å²) in [5.41, 5.74) is 0.324. The van der Waals surface area contributed by atoms with E-state index >= 15 is 0 Å². The van der Waals surface area contributed by atoms with Crippen molar-refractivity contribution in [3.8, 4) is 0 Å². The molecule has 0 spiro atoms. The maximum absolute atomic E-state index is 12.2. The number of rotatable bonds is 3. The van der Waals surface area contributed by atoms with Gasteiger partial charge in [-0.25, -0.2) is 0 Å². The maximum Gasteiger partial charge on any atom is 0.302 e. The molecule has 0 aliphatic heterocycles. The zero-order valence-corrected chi connectivity index (χ0v) is 9.03. The van der Waals surface area contributed by atoms with E-state index in [2.05, 4.69) is 13.8 Å². The smallest absolute Gasteiger partial charge is 0.195 e. The summed E-state index contributed by atoms with van der Waals surface area (Å²) in [5.74, 6) is 0.105. The number of hydrogen-bond donors (Lipinski definition) is 0. The van der Waals surface area contributed by atoms with Gasteiger partial charge >= 0.3 is 10.2 Å². The molecule has 0 amide bonds. The van der Waals surface area contributed by atoms with Gasteiger partial charge in [-0.3, -0.25) is 0 Å². The van der Waals surface area contributed by atoms with Crippen LogP contribution in [0, 0.1) is 11.3 Å². The van der Waals surface area contributed by atoms with Crippen LogP contribution >= 0.6 is 0 Å². The Morgan fingerprint density at radius 3 is 2.46 bits per heavy atom. The maximum atomic E-state index is 12.2. The van der Waals surface area contributed by atoms with Gasteiger partial charge in [0.2, 0.25) is 0 Å². The average molecular weight is 208 g/mol. The van der Waals surface area contributed by atoms with Crippen molar-refractivity contribution in [1.82, 2.24) is 0 Å². The van der Waals surface area contributed by atoms with E-state index in [9.17, 15) is 12.3 Å². The summed E-state index contributed by atoms with van der Waals surface area (Å²) in [4.78, 5) is 0. The first kappa shape index (κ1) is 11.0. The zero-order chi connectivity index (χ0) is 10.1. The largest absolute Gasteiger partial charge is 0.302 e. The van der Waals surface area contributed by atoms with Crippen LogP contribution in [0.25, 0.3) is 0 Å². The SMILES string of the molecule is CC1(C)CCC(CCS(=O)(=O)F)C1. The normalized spacial score (nSPS) is 27.8. The van der Waals surface area contributed by atoms with Gasteiger partial charge in [-0.15, -0.1) is 3.89 Å². The topological polar surface area (TPSA) is 34.1 Å².